The Hall–Kier alpha value is -1.62. The van der Waals surface area contributed by atoms with Gasteiger partial charge in [-0.2, -0.15) is 0 Å². The van der Waals surface area contributed by atoms with Crippen LogP contribution in [0.15, 0.2) is 24.5 Å². The summed E-state index contributed by atoms with van der Waals surface area (Å²) in [6.07, 6.45) is 4.79. The molecule has 18 heavy (non-hydrogen) atoms. The lowest BCUT2D eigenvalue weighted by atomic mass is 10.2. The molecule has 2 heterocycles. The highest BCUT2D eigenvalue weighted by atomic mass is 16.5. The average molecular weight is 249 g/mol. The second kappa shape index (κ2) is 5.82. The smallest absolute Gasteiger partial charge is 0.263 e. The van der Waals surface area contributed by atoms with Crippen LogP contribution in [0, 0.1) is 0 Å². The van der Waals surface area contributed by atoms with E-state index in [0.717, 1.165) is 19.4 Å². The molecule has 5 heteroatoms. The fraction of sp³-hybridized carbons (Fsp3) is 0.538. The third-order valence-electron chi connectivity index (χ3n) is 3.23. The van der Waals surface area contributed by atoms with E-state index in [1.165, 1.54) is 0 Å². The van der Waals surface area contributed by atoms with Crippen LogP contribution in [0.1, 0.15) is 19.8 Å². The van der Waals surface area contributed by atoms with E-state index in [1.807, 2.05) is 4.90 Å². The third-order valence-corrected chi connectivity index (χ3v) is 3.23. The van der Waals surface area contributed by atoms with Gasteiger partial charge in [0, 0.05) is 25.3 Å². The lowest BCUT2D eigenvalue weighted by molar-refractivity contribution is -0.138. The van der Waals surface area contributed by atoms with Crippen LogP contribution >= 0.6 is 0 Å². The Balaban J connectivity index is 1.96. The topological polar surface area (TPSA) is 68.5 Å². The number of nitrogens with zero attached hydrogens (tertiary/aromatic N) is 2. The van der Waals surface area contributed by atoms with Crippen LogP contribution in [0.2, 0.25) is 0 Å². The third kappa shape index (κ3) is 2.79. The minimum absolute atomic E-state index is 0.00630. The van der Waals surface area contributed by atoms with Crippen molar-refractivity contribution in [3.05, 3.63) is 24.5 Å². The molecular weight excluding hydrogens is 230 g/mol. The van der Waals surface area contributed by atoms with E-state index >= 15 is 0 Å². The van der Waals surface area contributed by atoms with Gasteiger partial charge in [0.1, 0.15) is 5.75 Å². The van der Waals surface area contributed by atoms with E-state index < -0.39 is 6.10 Å². The zero-order chi connectivity index (χ0) is 13.0. The predicted molar refractivity (Wildman–Crippen MR) is 68.1 cm³/mol. The van der Waals surface area contributed by atoms with Crippen LogP contribution < -0.4 is 10.5 Å². The van der Waals surface area contributed by atoms with Crippen molar-refractivity contribution in [1.29, 1.82) is 0 Å². The molecule has 2 rings (SSSR count). The number of amides is 1. The highest BCUT2D eigenvalue weighted by Gasteiger charge is 2.31. The second-order valence-corrected chi connectivity index (χ2v) is 4.51. The van der Waals surface area contributed by atoms with Crippen molar-refractivity contribution in [3.8, 4) is 5.75 Å². The standard InChI is InChI=1S/C13H19N3O2/c1-10(18-12-5-2-6-15-9-12)13(17)16-7-3-4-11(16)8-14/h2,5-6,9-11H,3-4,7-8,14H2,1H3/t10-,11+/m1/s1. The molecule has 0 radical (unpaired) electrons. The molecule has 1 aromatic rings. The Morgan fingerprint density at radius 3 is 3.22 bits per heavy atom. The van der Waals surface area contributed by atoms with E-state index in [0.29, 0.717) is 12.3 Å². The Kier molecular flexibility index (Phi) is 4.15. The lowest BCUT2D eigenvalue weighted by Crippen LogP contribution is -2.45. The maximum Gasteiger partial charge on any atom is 0.263 e. The van der Waals surface area contributed by atoms with Gasteiger partial charge < -0.3 is 15.4 Å². The molecule has 1 aliphatic rings. The molecule has 5 nitrogen and oxygen atoms in total. The largest absolute Gasteiger partial charge is 0.479 e. The monoisotopic (exact) mass is 249 g/mol. The van der Waals surface area contributed by atoms with Gasteiger partial charge in [0.15, 0.2) is 6.10 Å². The summed E-state index contributed by atoms with van der Waals surface area (Å²) in [5.41, 5.74) is 5.67. The quantitative estimate of drug-likeness (QED) is 0.857. The first-order valence-electron chi connectivity index (χ1n) is 6.29. The fourth-order valence-corrected chi connectivity index (χ4v) is 2.28. The van der Waals surface area contributed by atoms with Crippen LogP contribution in [0.25, 0.3) is 0 Å². The molecule has 1 aliphatic heterocycles. The van der Waals surface area contributed by atoms with Gasteiger partial charge in [-0.05, 0) is 31.9 Å². The molecule has 0 unspecified atom stereocenters. The molecule has 1 fully saturated rings. The van der Waals surface area contributed by atoms with Crippen molar-refractivity contribution in [3.63, 3.8) is 0 Å². The van der Waals surface area contributed by atoms with E-state index in [4.69, 9.17) is 10.5 Å². The summed E-state index contributed by atoms with van der Waals surface area (Å²) in [6, 6.07) is 3.74. The molecule has 0 saturated carbocycles. The Bertz CT molecular complexity index is 396. The summed E-state index contributed by atoms with van der Waals surface area (Å²) in [7, 11) is 0. The summed E-state index contributed by atoms with van der Waals surface area (Å²) < 4.78 is 5.59. The van der Waals surface area contributed by atoms with Crippen molar-refractivity contribution in [2.75, 3.05) is 13.1 Å². The van der Waals surface area contributed by atoms with Gasteiger partial charge >= 0.3 is 0 Å². The van der Waals surface area contributed by atoms with Gasteiger partial charge in [-0.3, -0.25) is 9.78 Å². The number of carbonyl (C=O) groups excluding carboxylic acids is 1. The zero-order valence-corrected chi connectivity index (χ0v) is 10.6. The number of rotatable bonds is 4. The van der Waals surface area contributed by atoms with Crippen LogP contribution in [-0.4, -0.2) is 41.0 Å². The predicted octanol–water partition coefficient (Wildman–Crippen LogP) is 0.799. The van der Waals surface area contributed by atoms with Crippen LogP contribution in [-0.2, 0) is 4.79 Å². The number of likely N-dealkylation sites (tertiary alicyclic amines) is 1. The summed E-state index contributed by atoms with van der Waals surface area (Å²) in [4.78, 5) is 18.0. The first-order chi connectivity index (χ1) is 8.72. The molecular formula is C13H19N3O2. The number of pyridine rings is 1. The van der Waals surface area contributed by atoms with Gasteiger partial charge in [-0.25, -0.2) is 0 Å². The maximum absolute atomic E-state index is 12.2. The summed E-state index contributed by atoms with van der Waals surface area (Å²) >= 11 is 0. The van der Waals surface area contributed by atoms with E-state index in [1.54, 1.807) is 31.5 Å². The number of hydrogen-bond donors (Lipinski definition) is 1. The number of nitrogens with two attached hydrogens (primary N) is 1. The Labute approximate surface area is 107 Å². The summed E-state index contributed by atoms with van der Waals surface area (Å²) in [5.74, 6) is 0.619. The molecule has 1 saturated heterocycles. The van der Waals surface area contributed by atoms with E-state index in [2.05, 4.69) is 4.98 Å². The van der Waals surface area contributed by atoms with E-state index in [9.17, 15) is 4.79 Å². The summed E-state index contributed by atoms with van der Waals surface area (Å²) in [5, 5.41) is 0. The van der Waals surface area contributed by atoms with Gasteiger partial charge in [-0.15, -0.1) is 0 Å². The molecule has 1 aromatic heterocycles. The number of carbonyl (C=O) groups is 1. The summed E-state index contributed by atoms with van der Waals surface area (Å²) in [6.45, 7) is 3.06. The van der Waals surface area contributed by atoms with Crippen molar-refractivity contribution in [2.24, 2.45) is 5.73 Å². The molecule has 2 N–H and O–H groups in total. The number of hydrogen-bond acceptors (Lipinski definition) is 4. The van der Waals surface area contributed by atoms with Crippen LogP contribution in [0.4, 0.5) is 0 Å². The maximum atomic E-state index is 12.2. The second-order valence-electron chi connectivity index (χ2n) is 4.51. The SMILES string of the molecule is C[C@@H](Oc1cccnc1)C(=O)N1CCC[C@H]1CN. The van der Waals surface area contributed by atoms with Gasteiger partial charge in [-0.1, -0.05) is 0 Å². The van der Waals surface area contributed by atoms with Crippen molar-refractivity contribution in [2.45, 2.75) is 31.9 Å². The molecule has 0 spiro atoms. The molecule has 98 valence electrons. The molecule has 1 amide bonds. The molecule has 2 atom stereocenters. The van der Waals surface area contributed by atoms with Gasteiger partial charge in [0.05, 0.1) is 6.20 Å². The zero-order valence-electron chi connectivity index (χ0n) is 10.6. The van der Waals surface area contributed by atoms with Gasteiger partial charge in [0.25, 0.3) is 5.91 Å². The number of ether oxygens (including phenoxy) is 1. The first-order valence-corrected chi connectivity index (χ1v) is 6.29. The lowest BCUT2D eigenvalue weighted by Gasteiger charge is -2.26. The average Bonchev–Trinajstić information content (AvgIpc) is 2.87. The number of aromatic nitrogens is 1. The van der Waals surface area contributed by atoms with Gasteiger partial charge in [0.2, 0.25) is 0 Å². The highest BCUT2D eigenvalue weighted by Crippen LogP contribution is 2.19. The van der Waals surface area contributed by atoms with E-state index in [-0.39, 0.29) is 11.9 Å². The highest BCUT2D eigenvalue weighted by molar-refractivity contribution is 5.81. The first kappa shape index (κ1) is 12.8. The van der Waals surface area contributed by atoms with Crippen LogP contribution in [0.3, 0.4) is 0 Å². The molecule has 0 aliphatic carbocycles. The Morgan fingerprint density at radius 2 is 2.56 bits per heavy atom. The van der Waals surface area contributed by atoms with Crippen molar-refractivity contribution in [1.82, 2.24) is 9.88 Å². The van der Waals surface area contributed by atoms with Crippen LogP contribution in [0.5, 0.6) is 5.75 Å². The van der Waals surface area contributed by atoms with Crippen molar-refractivity contribution < 1.29 is 9.53 Å². The van der Waals surface area contributed by atoms with Crippen molar-refractivity contribution >= 4 is 5.91 Å². The molecule has 0 aromatic carbocycles. The Morgan fingerprint density at radius 1 is 1.72 bits per heavy atom. The fourth-order valence-electron chi connectivity index (χ4n) is 2.28. The minimum atomic E-state index is -0.499. The normalized spacial score (nSPS) is 20.8. The molecule has 0 bridgehead atoms. The minimum Gasteiger partial charge on any atom is -0.479 e.